The first-order chi connectivity index (χ1) is 10.1. The number of nitrogens with one attached hydrogen (secondary N) is 1. The molecule has 0 spiro atoms. The topological polar surface area (TPSA) is 46.9 Å². The largest absolute Gasteiger partial charge is 0.306 e. The molecule has 0 bridgehead atoms. The van der Waals surface area contributed by atoms with Crippen LogP contribution in [0.4, 0.5) is 5.82 Å². The van der Waals surface area contributed by atoms with E-state index in [-0.39, 0.29) is 5.91 Å². The van der Waals surface area contributed by atoms with Gasteiger partial charge in [-0.3, -0.25) is 4.79 Å². The highest BCUT2D eigenvalue weighted by molar-refractivity contribution is 9.10. The van der Waals surface area contributed by atoms with Crippen molar-refractivity contribution in [3.8, 4) is 5.69 Å². The highest BCUT2D eigenvalue weighted by atomic mass is 79.9. The lowest BCUT2D eigenvalue weighted by atomic mass is 10.3. The fourth-order valence-corrected chi connectivity index (χ4v) is 2.98. The first-order valence-corrected chi connectivity index (χ1v) is 7.98. The fourth-order valence-electron chi connectivity index (χ4n) is 1.98. The van der Waals surface area contributed by atoms with E-state index < -0.39 is 0 Å². The lowest BCUT2D eigenvalue weighted by Gasteiger charge is -2.08. The van der Waals surface area contributed by atoms with Crippen LogP contribution in [-0.2, 0) is 0 Å². The van der Waals surface area contributed by atoms with Crippen LogP contribution >= 0.6 is 27.3 Å². The molecule has 0 saturated carbocycles. The number of halogens is 1. The molecule has 3 aromatic rings. The molecule has 0 unspecified atom stereocenters. The van der Waals surface area contributed by atoms with Crippen molar-refractivity contribution in [3.05, 3.63) is 62.9 Å². The van der Waals surface area contributed by atoms with Gasteiger partial charge in [-0.15, -0.1) is 11.3 Å². The Morgan fingerprint density at radius 2 is 2.14 bits per heavy atom. The molecule has 6 heteroatoms. The van der Waals surface area contributed by atoms with Crippen molar-refractivity contribution in [2.75, 3.05) is 5.32 Å². The number of carbonyl (C=O) groups excluding carboxylic acids is 1. The summed E-state index contributed by atoms with van der Waals surface area (Å²) in [7, 11) is 0. The third-order valence-corrected chi connectivity index (χ3v) is 4.23. The first-order valence-electron chi connectivity index (χ1n) is 6.31. The Balaban J connectivity index is 1.95. The average Bonchev–Trinajstić information content (AvgIpc) is 3.08. The standard InChI is InChI=1S/C15H12BrN3OS/c1-10-8-14(17-15(20)13-6-3-7-21-13)19(18-10)12-5-2-4-11(16)9-12/h2-9H,1H3,(H,17,20). The number of benzene rings is 1. The average molecular weight is 362 g/mol. The minimum Gasteiger partial charge on any atom is -0.306 e. The Morgan fingerprint density at radius 1 is 1.29 bits per heavy atom. The van der Waals surface area contributed by atoms with Gasteiger partial charge in [0.2, 0.25) is 0 Å². The molecule has 0 radical (unpaired) electrons. The van der Waals surface area contributed by atoms with E-state index in [4.69, 9.17) is 0 Å². The summed E-state index contributed by atoms with van der Waals surface area (Å²) in [5, 5.41) is 9.23. The van der Waals surface area contributed by atoms with Crippen LogP contribution in [0.25, 0.3) is 5.69 Å². The number of anilines is 1. The minimum absolute atomic E-state index is 0.124. The van der Waals surface area contributed by atoms with Crippen LogP contribution in [0.1, 0.15) is 15.4 Å². The minimum atomic E-state index is -0.124. The van der Waals surface area contributed by atoms with Crippen molar-refractivity contribution < 1.29 is 4.79 Å². The van der Waals surface area contributed by atoms with Crippen LogP contribution < -0.4 is 5.32 Å². The maximum atomic E-state index is 12.2. The molecule has 0 saturated heterocycles. The fraction of sp³-hybridized carbons (Fsp3) is 0.0667. The molecule has 2 aromatic heterocycles. The number of rotatable bonds is 3. The Bertz CT molecular complexity index is 780. The monoisotopic (exact) mass is 361 g/mol. The molecular weight excluding hydrogens is 350 g/mol. The number of amides is 1. The van der Waals surface area contributed by atoms with Crippen molar-refractivity contribution in [2.45, 2.75) is 6.92 Å². The van der Waals surface area contributed by atoms with Crippen molar-refractivity contribution >= 4 is 39.0 Å². The van der Waals surface area contributed by atoms with E-state index >= 15 is 0 Å². The van der Waals surface area contributed by atoms with E-state index in [9.17, 15) is 4.79 Å². The molecule has 0 fully saturated rings. The van der Waals surface area contributed by atoms with Gasteiger partial charge in [0.1, 0.15) is 5.82 Å². The molecule has 106 valence electrons. The number of aryl methyl sites for hydroxylation is 1. The predicted molar refractivity (Wildman–Crippen MR) is 88.3 cm³/mol. The second-order valence-electron chi connectivity index (χ2n) is 4.49. The molecule has 0 aliphatic heterocycles. The van der Waals surface area contributed by atoms with E-state index in [1.807, 2.05) is 48.7 Å². The van der Waals surface area contributed by atoms with Gasteiger partial charge in [0.05, 0.1) is 16.3 Å². The zero-order valence-corrected chi connectivity index (χ0v) is 13.6. The molecule has 1 N–H and O–H groups in total. The van der Waals surface area contributed by atoms with E-state index in [1.165, 1.54) is 11.3 Å². The lowest BCUT2D eigenvalue weighted by Crippen LogP contribution is -2.13. The van der Waals surface area contributed by atoms with Gasteiger partial charge in [0.25, 0.3) is 5.91 Å². The summed E-state index contributed by atoms with van der Waals surface area (Å²) in [6.07, 6.45) is 0. The highest BCUT2D eigenvalue weighted by Gasteiger charge is 2.13. The summed E-state index contributed by atoms with van der Waals surface area (Å²) < 4.78 is 2.69. The number of hydrogen-bond donors (Lipinski definition) is 1. The van der Waals surface area contributed by atoms with Gasteiger partial charge in [-0.05, 0) is 36.6 Å². The number of hydrogen-bond acceptors (Lipinski definition) is 3. The van der Waals surface area contributed by atoms with Crippen molar-refractivity contribution in [1.82, 2.24) is 9.78 Å². The zero-order chi connectivity index (χ0) is 14.8. The third-order valence-electron chi connectivity index (χ3n) is 2.87. The van der Waals surface area contributed by atoms with Crippen molar-refractivity contribution in [3.63, 3.8) is 0 Å². The second kappa shape index (κ2) is 5.83. The van der Waals surface area contributed by atoms with Crippen molar-refractivity contribution in [1.29, 1.82) is 0 Å². The number of carbonyl (C=O) groups is 1. The Hall–Kier alpha value is -1.92. The van der Waals surface area contributed by atoms with Gasteiger partial charge in [0.15, 0.2) is 0 Å². The van der Waals surface area contributed by atoms with Gasteiger partial charge in [-0.2, -0.15) is 5.10 Å². The smallest absolute Gasteiger partial charge is 0.266 e. The van der Waals surface area contributed by atoms with E-state index in [0.29, 0.717) is 10.7 Å². The number of nitrogens with zero attached hydrogens (tertiary/aromatic N) is 2. The van der Waals surface area contributed by atoms with Gasteiger partial charge < -0.3 is 5.32 Å². The molecule has 1 amide bonds. The van der Waals surface area contributed by atoms with Crippen LogP contribution in [-0.4, -0.2) is 15.7 Å². The second-order valence-corrected chi connectivity index (χ2v) is 6.36. The lowest BCUT2D eigenvalue weighted by molar-refractivity contribution is 0.103. The normalized spacial score (nSPS) is 10.6. The summed E-state index contributed by atoms with van der Waals surface area (Å²) >= 11 is 4.86. The SMILES string of the molecule is Cc1cc(NC(=O)c2cccs2)n(-c2cccc(Br)c2)n1. The third kappa shape index (κ3) is 3.06. The first kappa shape index (κ1) is 14.0. The van der Waals surface area contributed by atoms with Crippen LogP contribution in [0.3, 0.4) is 0 Å². The van der Waals surface area contributed by atoms with Gasteiger partial charge >= 0.3 is 0 Å². The molecule has 0 atom stereocenters. The summed E-state index contributed by atoms with van der Waals surface area (Å²) in [4.78, 5) is 12.9. The molecule has 2 heterocycles. The molecule has 0 aliphatic carbocycles. The van der Waals surface area contributed by atoms with Crippen LogP contribution in [0.5, 0.6) is 0 Å². The Kier molecular flexibility index (Phi) is 3.90. The molecule has 1 aromatic carbocycles. The molecule has 3 rings (SSSR count). The summed E-state index contributed by atoms with van der Waals surface area (Å²) in [5.41, 5.74) is 1.73. The maximum absolute atomic E-state index is 12.2. The zero-order valence-electron chi connectivity index (χ0n) is 11.2. The molecule has 4 nitrogen and oxygen atoms in total. The van der Waals surface area contributed by atoms with Gasteiger partial charge in [0, 0.05) is 10.5 Å². The molecule has 21 heavy (non-hydrogen) atoms. The molecule has 0 aliphatic rings. The Morgan fingerprint density at radius 3 is 2.86 bits per heavy atom. The summed E-state index contributed by atoms with van der Waals surface area (Å²) in [6, 6.07) is 13.3. The van der Waals surface area contributed by atoms with Crippen LogP contribution in [0, 0.1) is 6.92 Å². The maximum Gasteiger partial charge on any atom is 0.266 e. The van der Waals surface area contributed by atoms with Crippen molar-refractivity contribution in [2.24, 2.45) is 0 Å². The highest BCUT2D eigenvalue weighted by Crippen LogP contribution is 2.21. The van der Waals surface area contributed by atoms with Crippen LogP contribution in [0.15, 0.2) is 52.3 Å². The Labute approximate surface area is 134 Å². The van der Waals surface area contributed by atoms with Gasteiger partial charge in [-0.1, -0.05) is 28.1 Å². The number of aromatic nitrogens is 2. The number of thiophene rings is 1. The summed E-state index contributed by atoms with van der Waals surface area (Å²) in [6.45, 7) is 1.90. The molecular formula is C15H12BrN3OS. The summed E-state index contributed by atoms with van der Waals surface area (Å²) in [5.74, 6) is 0.533. The van der Waals surface area contributed by atoms with E-state index in [2.05, 4.69) is 26.3 Å². The van der Waals surface area contributed by atoms with Crippen LogP contribution in [0.2, 0.25) is 0 Å². The van der Waals surface area contributed by atoms with E-state index in [0.717, 1.165) is 15.9 Å². The predicted octanol–water partition coefficient (Wildman–Crippen LogP) is 4.26. The van der Waals surface area contributed by atoms with E-state index in [1.54, 1.807) is 10.7 Å². The van der Waals surface area contributed by atoms with Gasteiger partial charge in [-0.25, -0.2) is 4.68 Å². The quantitative estimate of drug-likeness (QED) is 0.757.